The molecule has 2 aromatic carbocycles. The van der Waals surface area contributed by atoms with Crippen molar-refractivity contribution in [3.63, 3.8) is 0 Å². The second-order valence-electron chi connectivity index (χ2n) is 5.14. The van der Waals surface area contributed by atoms with Crippen LogP contribution in [0.1, 0.15) is 15.9 Å². The Labute approximate surface area is 149 Å². The summed E-state index contributed by atoms with van der Waals surface area (Å²) in [5.74, 6) is 0.241. The molecule has 0 bridgehead atoms. The van der Waals surface area contributed by atoms with Gasteiger partial charge in [0.15, 0.2) is 5.82 Å². The summed E-state index contributed by atoms with van der Waals surface area (Å²) in [5.41, 5.74) is 2.12. The number of hydrogen-bond donors (Lipinski definition) is 2. The van der Waals surface area contributed by atoms with Crippen molar-refractivity contribution in [2.45, 2.75) is 0 Å². The van der Waals surface area contributed by atoms with E-state index in [0.717, 1.165) is 0 Å². The molecule has 2 N–H and O–H groups in total. The van der Waals surface area contributed by atoms with Gasteiger partial charge in [-0.3, -0.25) is 0 Å². The van der Waals surface area contributed by atoms with Crippen molar-refractivity contribution in [3.05, 3.63) is 65.9 Å². The van der Waals surface area contributed by atoms with Crippen molar-refractivity contribution in [3.8, 4) is 6.07 Å². The van der Waals surface area contributed by atoms with E-state index in [9.17, 15) is 4.79 Å². The van der Waals surface area contributed by atoms with Crippen molar-refractivity contribution in [1.29, 1.82) is 5.26 Å². The SMILES string of the molecule is COC(=O)c1cccc(Nc2cnnc(Nc3ccccc3C#N)n2)c1. The molecule has 128 valence electrons. The highest BCUT2D eigenvalue weighted by molar-refractivity contribution is 5.90. The summed E-state index contributed by atoms with van der Waals surface area (Å²) >= 11 is 0. The van der Waals surface area contributed by atoms with Gasteiger partial charge in [-0.2, -0.15) is 15.3 Å². The fourth-order valence-corrected chi connectivity index (χ4v) is 2.22. The van der Waals surface area contributed by atoms with E-state index in [4.69, 9.17) is 10.00 Å². The zero-order chi connectivity index (χ0) is 18.4. The molecule has 0 saturated carbocycles. The van der Waals surface area contributed by atoms with E-state index < -0.39 is 5.97 Å². The van der Waals surface area contributed by atoms with Gasteiger partial charge >= 0.3 is 5.97 Å². The van der Waals surface area contributed by atoms with Gasteiger partial charge in [-0.1, -0.05) is 18.2 Å². The van der Waals surface area contributed by atoms with E-state index in [1.165, 1.54) is 13.3 Å². The van der Waals surface area contributed by atoms with E-state index in [-0.39, 0.29) is 5.95 Å². The minimum Gasteiger partial charge on any atom is -0.465 e. The number of aromatic nitrogens is 3. The van der Waals surface area contributed by atoms with Gasteiger partial charge in [-0.05, 0) is 30.3 Å². The Morgan fingerprint density at radius 3 is 2.81 bits per heavy atom. The Hall–Kier alpha value is -3.99. The Morgan fingerprint density at radius 2 is 2.00 bits per heavy atom. The fourth-order valence-electron chi connectivity index (χ4n) is 2.22. The lowest BCUT2D eigenvalue weighted by atomic mass is 10.2. The van der Waals surface area contributed by atoms with Crippen molar-refractivity contribution >= 4 is 29.1 Å². The van der Waals surface area contributed by atoms with Gasteiger partial charge in [0.2, 0.25) is 5.95 Å². The molecule has 3 rings (SSSR count). The predicted octanol–water partition coefficient (Wildman–Crippen LogP) is 3.02. The van der Waals surface area contributed by atoms with Crippen molar-refractivity contribution < 1.29 is 9.53 Å². The van der Waals surface area contributed by atoms with Crippen LogP contribution < -0.4 is 10.6 Å². The molecule has 0 radical (unpaired) electrons. The maximum Gasteiger partial charge on any atom is 0.337 e. The number of ether oxygens (including phenoxy) is 1. The number of nitriles is 1. The normalized spacial score (nSPS) is 9.85. The number of nitrogens with one attached hydrogen (secondary N) is 2. The summed E-state index contributed by atoms with van der Waals surface area (Å²) in [4.78, 5) is 15.9. The topological polar surface area (TPSA) is 113 Å². The van der Waals surface area contributed by atoms with Crippen molar-refractivity contribution in [2.75, 3.05) is 17.7 Å². The smallest absolute Gasteiger partial charge is 0.337 e. The van der Waals surface area contributed by atoms with Crippen LogP contribution in [0.15, 0.2) is 54.7 Å². The molecular weight excluding hydrogens is 332 g/mol. The molecule has 0 aliphatic heterocycles. The van der Waals surface area contributed by atoms with Crippen LogP contribution in [-0.2, 0) is 4.74 Å². The van der Waals surface area contributed by atoms with Gasteiger partial charge in [-0.25, -0.2) is 4.79 Å². The lowest BCUT2D eigenvalue weighted by molar-refractivity contribution is 0.0601. The zero-order valence-corrected chi connectivity index (χ0v) is 13.8. The summed E-state index contributed by atoms with van der Waals surface area (Å²) < 4.78 is 4.71. The zero-order valence-electron chi connectivity index (χ0n) is 13.8. The molecule has 0 amide bonds. The summed E-state index contributed by atoms with van der Waals surface area (Å²) in [5, 5.41) is 23.0. The molecule has 8 nitrogen and oxygen atoms in total. The Morgan fingerprint density at radius 1 is 1.15 bits per heavy atom. The van der Waals surface area contributed by atoms with Crippen LogP contribution in [0.2, 0.25) is 0 Å². The highest BCUT2D eigenvalue weighted by Crippen LogP contribution is 2.20. The third kappa shape index (κ3) is 3.91. The number of benzene rings is 2. The van der Waals surface area contributed by atoms with E-state index in [1.807, 2.05) is 0 Å². The third-order valence-corrected chi connectivity index (χ3v) is 3.41. The van der Waals surface area contributed by atoms with Gasteiger partial charge in [0, 0.05) is 5.69 Å². The molecule has 0 fully saturated rings. The minimum absolute atomic E-state index is 0.238. The Balaban J connectivity index is 1.80. The van der Waals surface area contributed by atoms with E-state index >= 15 is 0 Å². The van der Waals surface area contributed by atoms with E-state index in [1.54, 1.807) is 48.5 Å². The first-order valence-corrected chi connectivity index (χ1v) is 7.61. The van der Waals surface area contributed by atoms with Crippen LogP contribution in [-0.4, -0.2) is 28.3 Å². The molecular formula is C18H14N6O2. The predicted molar refractivity (Wildman–Crippen MR) is 95.3 cm³/mol. The second-order valence-corrected chi connectivity index (χ2v) is 5.14. The average molecular weight is 346 g/mol. The first-order valence-electron chi connectivity index (χ1n) is 7.61. The first-order chi connectivity index (χ1) is 12.7. The number of para-hydroxylation sites is 1. The maximum absolute atomic E-state index is 11.6. The van der Waals surface area contributed by atoms with Gasteiger partial charge in [0.05, 0.1) is 30.1 Å². The molecule has 0 unspecified atom stereocenters. The van der Waals surface area contributed by atoms with Gasteiger partial charge < -0.3 is 15.4 Å². The number of carbonyl (C=O) groups is 1. The summed E-state index contributed by atoms with van der Waals surface area (Å²) in [6.45, 7) is 0. The number of methoxy groups -OCH3 is 1. The molecule has 8 heteroatoms. The number of rotatable bonds is 5. The number of hydrogen-bond acceptors (Lipinski definition) is 8. The van der Waals surface area contributed by atoms with Crippen LogP contribution in [0.5, 0.6) is 0 Å². The number of anilines is 4. The molecule has 26 heavy (non-hydrogen) atoms. The molecule has 1 aromatic heterocycles. The second kappa shape index (κ2) is 7.72. The molecule has 0 aliphatic carbocycles. The number of esters is 1. The monoisotopic (exact) mass is 346 g/mol. The van der Waals surface area contributed by atoms with Crippen LogP contribution in [0.25, 0.3) is 0 Å². The quantitative estimate of drug-likeness (QED) is 0.678. The van der Waals surface area contributed by atoms with Crippen molar-refractivity contribution in [2.24, 2.45) is 0 Å². The summed E-state index contributed by atoms with van der Waals surface area (Å²) in [6.07, 6.45) is 1.45. The van der Waals surface area contributed by atoms with Gasteiger partial charge in [-0.15, -0.1) is 5.10 Å². The van der Waals surface area contributed by atoms with Crippen LogP contribution in [0.3, 0.4) is 0 Å². The van der Waals surface area contributed by atoms with Crippen molar-refractivity contribution in [1.82, 2.24) is 15.2 Å². The van der Waals surface area contributed by atoms with Gasteiger partial charge in [0.1, 0.15) is 6.07 Å². The Bertz CT molecular complexity index is 983. The van der Waals surface area contributed by atoms with E-state index in [0.29, 0.717) is 28.3 Å². The molecule has 0 saturated heterocycles. The summed E-state index contributed by atoms with van der Waals surface area (Å²) in [6, 6.07) is 15.9. The molecule has 0 atom stereocenters. The lowest BCUT2D eigenvalue weighted by Crippen LogP contribution is -2.04. The first kappa shape index (κ1) is 16.9. The standard InChI is InChI=1S/C18H14N6O2/c1-26-17(25)12-6-4-7-14(9-12)21-16-11-20-24-18(23-16)22-15-8-3-2-5-13(15)10-19/h2-9,11H,1H3,(H2,21,22,23,24). The lowest BCUT2D eigenvalue weighted by Gasteiger charge is -2.09. The minimum atomic E-state index is -0.426. The van der Waals surface area contributed by atoms with Crippen LogP contribution in [0.4, 0.5) is 23.1 Å². The fraction of sp³-hybridized carbons (Fsp3) is 0.0556. The molecule has 3 aromatic rings. The largest absolute Gasteiger partial charge is 0.465 e. The summed E-state index contributed by atoms with van der Waals surface area (Å²) in [7, 11) is 1.33. The van der Waals surface area contributed by atoms with Crippen LogP contribution >= 0.6 is 0 Å². The maximum atomic E-state index is 11.6. The number of carbonyl (C=O) groups excluding carboxylic acids is 1. The Kier molecular flexibility index (Phi) is 5.00. The van der Waals surface area contributed by atoms with Crippen LogP contribution in [0, 0.1) is 11.3 Å². The highest BCUT2D eigenvalue weighted by atomic mass is 16.5. The number of nitrogens with zero attached hydrogens (tertiary/aromatic N) is 4. The third-order valence-electron chi connectivity index (χ3n) is 3.41. The molecule has 0 aliphatic rings. The molecule has 1 heterocycles. The van der Waals surface area contributed by atoms with Gasteiger partial charge in [0.25, 0.3) is 0 Å². The van der Waals surface area contributed by atoms with E-state index in [2.05, 4.69) is 31.9 Å². The molecule has 0 spiro atoms. The highest BCUT2D eigenvalue weighted by Gasteiger charge is 2.08. The average Bonchev–Trinajstić information content (AvgIpc) is 2.68.